The molecule has 1 aliphatic rings. The molecule has 0 bridgehead atoms. The lowest BCUT2D eigenvalue weighted by Crippen LogP contribution is -2.07. The summed E-state index contributed by atoms with van der Waals surface area (Å²) >= 11 is 0. The van der Waals surface area contributed by atoms with Gasteiger partial charge in [-0.15, -0.1) is 0 Å². The lowest BCUT2D eigenvalue weighted by Gasteiger charge is -2.13. The van der Waals surface area contributed by atoms with Gasteiger partial charge < -0.3 is 4.90 Å². The van der Waals surface area contributed by atoms with Crippen molar-refractivity contribution >= 4 is 11.8 Å². The first kappa shape index (κ1) is 9.78. The molecular formula is C14H15N. The summed E-state index contributed by atoms with van der Waals surface area (Å²) in [7, 11) is 2.10. The summed E-state index contributed by atoms with van der Waals surface area (Å²) in [5, 5.41) is 0. The van der Waals surface area contributed by atoms with Crippen LogP contribution in [-0.4, -0.2) is 11.9 Å². The average Bonchev–Trinajstić information content (AvgIpc) is 2.56. The van der Waals surface area contributed by atoms with Gasteiger partial charge in [-0.3, -0.25) is 0 Å². The fraction of sp³-hybridized carbons (Fsp3) is 0.143. The Kier molecular flexibility index (Phi) is 2.46. The van der Waals surface area contributed by atoms with Crippen LogP contribution >= 0.6 is 0 Å². The molecule has 0 radical (unpaired) electrons. The number of nitrogens with zero attached hydrogens (tertiary/aromatic N) is 1. The number of hydrogen-bond donors (Lipinski definition) is 0. The molecule has 1 heterocycles. The Morgan fingerprint density at radius 2 is 2.13 bits per heavy atom. The van der Waals surface area contributed by atoms with Crippen molar-refractivity contribution in [1.82, 2.24) is 4.90 Å². The van der Waals surface area contributed by atoms with Crippen molar-refractivity contribution in [3.63, 3.8) is 0 Å². The lowest BCUT2D eigenvalue weighted by molar-refractivity contribution is 0.500. The van der Waals surface area contributed by atoms with Gasteiger partial charge in [0.25, 0.3) is 0 Å². The van der Waals surface area contributed by atoms with Crippen molar-refractivity contribution in [2.24, 2.45) is 0 Å². The van der Waals surface area contributed by atoms with E-state index in [0.717, 1.165) is 6.54 Å². The SMILES string of the molecule is C=C/C=C1\c2c(C=C)cccc2CN1C. The Morgan fingerprint density at radius 1 is 1.33 bits per heavy atom. The van der Waals surface area contributed by atoms with Gasteiger partial charge in [-0.25, -0.2) is 0 Å². The quantitative estimate of drug-likeness (QED) is 0.703. The van der Waals surface area contributed by atoms with Crippen molar-refractivity contribution in [2.45, 2.75) is 6.54 Å². The third kappa shape index (κ3) is 1.50. The molecule has 1 heteroatoms. The Bertz CT molecular complexity index is 441. The summed E-state index contributed by atoms with van der Waals surface area (Å²) in [5.74, 6) is 0. The highest BCUT2D eigenvalue weighted by Crippen LogP contribution is 2.34. The van der Waals surface area contributed by atoms with Crippen molar-refractivity contribution < 1.29 is 0 Å². The van der Waals surface area contributed by atoms with Crippen LogP contribution in [0.3, 0.4) is 0 Å². The molecule has 0 aromatic heterocycles. The normalized spacial score (nSPS) is 16.6. The highest BCUT2D eigenvalue weighted by atomic mass is 15.1. The monoisotopic (exact) mass is 197 g/mol. The third-order valence-corrected chi connectivity index (χ3v) is 2.75. The van der Waals surface area contributed by atoms with Gasteiger partial charge in [-0.05, 0) is 17.2 Å². The van der Waals surface area contributed by atoms with Gasteiger partial charge in [0.1, 0.15) is 0 Å². The van der Waals surface area contributed by atoms with E-state index in [-0.39, 0.29) is 0 Å². The molecule has 0 aliphatic carbocycles. The molecule has 0 fully saturated rings. The van der Waals surface area contributed by atoms with Crippen LogP contribution in [-0.2, 0) is 6.54 Å². The van der Waals surface area contributed by atoms with Crippen molar-refractivity contribution in [2.75, 3.05) is 7.05 Å². The second-order valence-electron chi connectivity index (χ2n) is 3.73. The molecule has 0 amide bonds. The summed E-state index contributed by atoms with van der Waals surface area (Å²) in [6.45, 7) is 8.58. The molecule has 0 saturated carbocycles. The molecular weight excluding hydrogens is 182 g/mol. The molecule has 2 rings (SSSR count). The van der Waals surface area contributed by atoms with Crippen LogP contribution in [0.2, 0.25) is 0 Å². The second kappa shape index (κ2) is 3.77. The minimum Gasteiger partial charge on any atom is -0.370 e. The molecule has 0 saturated heterocycles. The molecule has 0 N–H and O–H groups in total. The zero-order valence-electron chi connectivity index (χ0n) is 9.03. The van der Waals surface area contributed by atoms with Crippen LogP contribution in [0.5, 0.6) is 0 Å². The van der Waals surface area contributed by atoms with E-state index in [4.69, 9.17) is 0 Å². The molecule has 0 spiro atoms. The van der Waals surface area contributed by atoms with Gasteiger partial charge in [-0.1, -0.05) is 43.5 Å². The fourth-order valence-corrected chi connectivity index (χ4v) is 2.09. The summed E-state index contributed by atoms with van der Waals surface area (Å²) in [5.41, 5.74) is 5.10. The van der Waals surface area contributed by atoms with Gasteiger partial charge in [0.05, 0.1) is 0 Å². The molecule has 1 nitrogen and oxygen atoms in total. The zero-order valence-corrected chi connectivity index (χ0v) is 9.03. The smallest absolute Gasteiger partial charge is 0.0449 e. The first-order chi connectivity index (χ1) is 7.27. The van der Waals surface area contributed by atoms with E-state index in [1.807, 2.05) is 12.2 Å². The van der Waals surface area contributed by atoms with Gasteiger partial charge in [-0.2, -0.15) is 0 Å². The molecule has 1 aromatic carbocycles. The predicted octanol–water partition coefficient (Wildman–Crippen LogP) is 3.30. The molecule has 0 unspecified atom stereocenters. The van der Waals surface area contributed by atoms with Gasteiger partial charge in [0.2, 0.25) is 0 Å². The first-order valence-corrected chi connectivity index (χ1v) is 5.06. The minimum absolute atomic E-state index is 0.969. The third-order valence-electron chi connectivity index (χ3n) is 2.75. The van der Waals surface area contributed by atoms with E-state index in [0.29, 0.717) is 0 Å². The lowest BCUT2D eigenvalue weighted by atomic mass is 10.0. The number of hydrogen-bond acceptors (Lipinski definition) is 1. The van der Waals surface area contributed by atoms with Gasteiger partial charge in [0, 0.05) is 24.9 Å². The molecule has 1 aromatic rings. The Balaban J connectivity index is 2.64. The van der Waals surface area contributed by atoms with Gasteiger partial charge >= 0.3 is 0 Å². The van der Waals surface area contributed by atoms with E-state index in [9.17, 15) is 0 Å². The Hall–Kier alpha value is -1.76. The molecule has 15 heavy (non-hydrogen) atoms. The second-order valence-corrected chi connectivity index (χ2v) is 3.73. The minimum atomic E-state index is 0.969. The topological polar surface area (TPSA) is 3.24 Å². The standard InChI is InChI=1S/C14H15N/c1-4-7-13-14-11(5-2)8-6-9-12(14)10-15(13)3/h4-9H,1-2,10H2,3H3/b13-7+. The molecule has 0 atom stereocenters. The van der Waals surface area contributed by atoms with Crippen LogP contribution in [0.25, 0.3) is 11.8 Å². The van der Waals surface area contributed by atoms with Crippen LogP contribution in [0.4, 0.5) is 0 Å². The highest BCUT2D eigenvalue weighted by molar-refractivity contribution is 5.78. The van der Waals surface area contributed by atoms with E-state index >= 15 is 0 Å². The summed E-state index contributed by atoms with van der Waals surface area (Å²) in [6, 6.07) is 6.35. The maximum Gasteiger partial charge on any atom is 0.0449 e. The molecule has 76 valence electrons. The van der Waals surface area contributed by atoms with Crippen LogP contribution in [0.1, 0.15) is 16.7 Å². The number of fused-ring (bicyclic) bond motifs is 1. The first-order valence-electron chi connectivity index (χ1n) is 5.06. The van der Waals surface area contributed by atoms with Crippen molar-refractivity contribution in [3.8, 4) is 0 Å². The average molecular weight is 197 g/mol. The summed E-state index contributed by atoms with van der Waals surface area (Å²) < 4.78 is 0. The van der Waals surface area contributed by atoms with E-state index < -0.39 is 0 Å². The van der Waals surface area contributed by atoms with Gasteiger partial charge in [0.15, 0.2) is 0 Å². The maximum absolute atomic E-state index is 3.86. The number of rotatable bonds is 2. The van der Waals surface area contributed by atoms with Crippen LogP contribution in [0, 0.1) is 0 Å². The highest BCUT2D eigenvalue weighted by Gasteiger charge is 2.21. The van der Waals surface area contributed by atoms with Crippen LogP contribution < -0.4 is 0 Å². The number of allylic oxidation sites excluding steroid dienone is 2. The van der Waals surface area contributed by atoms with Crippen molar-refractivity contribution in [1.29, 1.82) is 0 Å². The van der Waals surface area contributed by atoms with E-state index in [1.54, 1.807) is 0 Å². The zero-order chi connectivity index (χ0) is 10.8. The largest absolute Gasteiger partial charge is 0.370 e. The Labute approximate surface area is 91.0 Å². The van der Waals surface area contributed by atoms with Crippen LogP contribution in [0.15, 0.2) is 43.5 Å². The summed E-state index contributed by atoms with van der Waals surface area (Å²) in [4.78, 5) is 2.24. The summed E-state index contributed by atoms with van der Waals surface area (Å²) in [6.07, 6.45) is 5.80. The van der Waals surface area contributed by atoms with E-state index in [1.165, 1.54) is 22.4 Å². The maximum atomic E-state index is 3.86. The Morgan fingerprint density at radius 3 is 2.80 bits per heavy atom. The number of benzene rings is 1. The fourth-order valence-electron chi connectivity index (χ4n) is 2.09. The predicted molar refractivity (Wildman–Crippen MR) is 66.2 cm³/mol. The van der Waals surface area contributed by atoms with E-state index in [2.05, 4.69) is 49.4 Å². The molecule has 1 aliphatic heterocycles. The van der Waals surface area contributed by atoms with Crippen molar-refractivity contribution in [3.05, 3.63) is 60.2 Å².